The number of benzene rings is 4. The van der Waals surface area contributed by atoms with Crippen molar-refractivity contribution in [3.05, 3.63) is 125 Å². The van der Waals surface area contributed by atoms with E-state index in [-0.39, 0.29) is 49.7 Å². The maximum Gasteiger partial charge on any atom is 0.217 e. The van der Waals surface area contributed by atoms with Gasteiger partial charge >= 0.3 is 0 Å². The van der Waals surface area contributed by atoms with Crippen LogP contribution in [0.4, 0.5) is 5.69 Å². The van der Waals surface area contributed by atoms with Crippen LogP contribution in [-0.4, -0.2) is 22.0 Å². The van der Waals surface area contributed by atoms with Crippen molar-refractivity contribution in [3.8, 4) is 17.4 Å². The van der Waals surface area contributed by atoms with Crippen molar-refractivity contribution in [1.29, 1.82) is 0 Å². The van der Waals surface area contributed by atoms with Gasteiger partial charge in [0.1, 0.15) is 11.3 Å². The molecule has 1 aliphatic heterocycles. The summed E-state index contributed by atoms with van der Waals surface area (Å²) in [6.45, 7) is 13.4. The Morgan fingerprint density at radius 2 is 1.59 bits per heavy atom. The predicted octanol–water partition coefficient (Wildman–Crippen LogP) is 9.45. The van der Waals surface area contributed by atoms with E-state index in [1.54, 1.807) is 18.2 Å². The summed E-state index contributed by atoms with van der Waals surface area (Å²) in [6.07, 6.45) is -1.22. The number of ether oxygens (including phenoxy) is 1. The number of aromatic nitrogens is 1. The molecule has 2 aliphatic rings. The van der Waals surface area contributed by atoms with E-state index >= 15 is 0 Å². The number of amidine groups is 1. The third kappa shape index (κ3) is 5.98. The van der Waals surface area contributed by atoms with Crippen LogP contribution < -0.4 is 9.64 Å². The first-order valence-electron chi connectivity index (χ1n) is 16.6. The van der Waals surface area contributed by atoms with E-state index in [2.05, 4.69) is 75.7 Å². The SMILES string of the molecule is [2H]C1([2H])CC2[C@@H](N=C(c3[c-]c(Oc4ccc5cccc(O)c5n4)ccc3)N2c2cc(C(C)(C)C)cc(C(C)(C)C)c2)c2ccccc21.[Pt]. The number of hydrogen-bond acceptors (Lipinski definition) is 5. The zero-order valence-electron chi connectivity index (χ0n) is 29.0. The fourth-order valence-corrected chi connectivity index (χ4v) is 6.24. The Bertz CT molecular complexity index is 2020. The van der Waals surface area contributed by atoms with Crippen molar-refractivity contribution in [1.82, 2.24) is 4.98 Å². The standard InChI is InChI=1S/C40H40N3O2.Pt/c1-39(2,3)28-22-29(40(4,5)6)24-30(23-28)43-33-19-17-25-11-7-8-15-32(25)37(33)42-38(43)27-13-9-14-31(21-27)45-35-20-18-26-12-10-16-34(44)36(26)41-35;/h7-16,18,20,22-24,33,37,44H,17,19H2,1-6H3;/q-1;/t33?,37-;/m0./s1/i17D2;. The van der Waals surface area contributed by atoms with Crippen molar-refractivity contribution >= 4 is 22.4 Å². The van der Waals surface area contributed by atoms with Gasteiger partial charge < -0.3 is 19.7 Å². The van der Waals surface area contributed by atoms with Gasteiger partial charge in [-0.25, -0.2) is 4.98 Å². The molecule has 46 heavy (non-hydrogen) atoms. The molecule has 0 amide bonds. The van der Waals surface area contributed by atoms with Gasteiger partial charge in [-0.3, -0.25) is 0 Å². The maximum atomic E-state index is 10.4. The second-order valence-electron chi connectivity index (χ2n) is 14.1. The predicted molar refractivity (Wildman–Crippen MR) is 183 cm³/mol. The molecule has 5 nitrogen and oxygen atoms in total. The smallest absolute Gasteiger partial charge is 0.217 e. The number of pyridine rings is 1. The van der Waals surface area contributed by atoms with Crippen LogP contribution in [0, 0.1) is 6.07 Å². The zero-order chi connectivity index (χ0) is 33.3. The summed E-state index contributed by atoms with van der Waals surface area (Å²) < 4.78 is 24.5. The number of nitrogens with zero attached hydrogens (tertiary/aromatic N) is 3. The van der Waals surface area contributed by atoms with Gasteiger partial charge in [0.05, 0.1) is 17.9 Å². The molecule has 1 aliphatic carbocycles. The van der Waals surface area contributed by atoms with Gasteiger partial charge in [0.2, 0.25) is 5.88 Å². The molecule has 2 atom stereocenters. The van der Waals surface area contributed by atoms with Gasteiger partial charge in [-0.2, -0.15) is 0 Å². The van der Waals surface area contributed by atoms with Crippen LogP contribution in [0.15, 0.2) is 96.0 Å². The van der Waals surface area contributed by atoms with Gasteiger partial charge in [-0.15, -0.1) is 23.8 Å². The van der Waals surface area contributed by atoms with E-state index < -0.39 is 6.37 Å². The van der Waals surface area contributed by atoms with E-state index in [4.69, 9.17) is 12.5 Å². The summed E-state index contributed by atoms with van der Waals surface area (Å²) >= 11 is 0. The first-order valence-corrected chi connectivity index (χ1v) is 15.6. The molecular weight excluding hydrogens is 750 g/mol. The van der Waals surface area contributed by atoms with E-state index in [9.17, 15) is 5.11 Å². The summed E-state index contributed by atoms with van der Waals surface area (Å²) in [5.74, 6) is 1.64. The Morgan fingerprint density at radius 3 is 2.33 bits per heavy atom. The Hall–Kier alpha value is -3.95. The number of aryl methyl sites for hydroxylation is 1. The Morgan fingerprint density at radius 1 is 0.870 bits per heavy atom. The number of phenols is 1. The second-order valence-corrected chi connectivity index (χ2v) is 14.1. The minimum Gasteiger partial charge on any atom is -0.506 e. The average Bonchev–Trinajstić information content (AvgIpc) is 3.39. The molecule has 0 spiro atoms. The van der Waals surface area contributed by atoms with Crippen molar-refractivity contribution in [3.63, 3.8) is 0 Å². The van der Waals surface area contributed by atoms with Crippen LogP contribution in [0.3, 0.4) is 0 Å². The van der Waals surface area contributed by atoms with Crippen LogP contribution >= 0.6 is 0 Å². The zero-order valence-corrected chi connectivity index (χ0v) is 29.3. The van der Waals surface area contributed by atoms with E-state index in [1.807, 2.05) is 54.6 Å². The van der Waals surface area contributed by atoms with Crippen molar-refractivity contribution < 1.29 is 33.7 Å². The summed E-state index contributed by atoms with van der Waals surface area (Å²) in [5, 5.41) is 11.2. The molecule has 1 unspecified atom stereocenters. The molecule has 0 bridgehead atoms. The van der Waals surface area contributed by atoms with Crippen molar-refractivity contribution in [2.24, 2.45) is 4.99 Å². The monoisotopic (exact) mass is 791 g/mol. The van der Waals surface area contributed by atoms with Gasteiger partial charge in [-0.1, -0.05) is 90.1 Å². The minimum absolute atomic E-state index is 0. The van der Waals surface area contributed by atoms with Crippen molar-refractivity contribution in [2.75, 3.05) is 4.90 Å². The fourth-order valence-electron chi connectivity index (χ4n) is 6.24. The number of phenolic OH excluding ortho intramolecular Hbond substituents is 1. The van der Waals surface area contributed by atoms with E-state index in [0.29, 0.717) is 29.1 Å². The number of aromatic hydroxyl groups is 1. The molecule has 4 aromatic carbocycles. The Labute approximate surface area is 289 Å². The normalized spacial score (nSPS) is 19.3. The molecular formula is C40H40N3O2Pt-. The summed E-state index contributed by atoms with van der Waals surface area (Å²) in [7, 11) is 0. The molecule has 0 radical (unpaired) electrons. The van der Waals surface area contributed by atoms with Gasteiger partial charge in [0.15, 0.2) is 0 Å². The third-order valence-corrected chi connectivity index (χ3v) is 8.79. The first kappa shape index (κ1) is 29.5. The quantitative estimate of drug-likeness (QED) is 0.185. The Balaban J connectivity index is 0.00000401. The number of para-hydroxylation sites is 1. The van der Waals surface area contributed by atoms with Crippen LogP contribution in [0.25, 0.3) is 10.9 Å². The number of aliphatic imine (C=N–C) groups is 1. The molecule has 6 heteroatoms. The minimum atomic E-state index is -1.52. The summed E-state index contributed by atoms with van der Waals surface area (Å²) in [4.78, 5) is 12.2. The second kappa shape index (κ2) is 12.0. The van der Waals surface area contributed by atoms with Crippen LogP contribution in [0.2, 0.25) is 0 Å². The van der Waals surface area contributed by atoms with Crippen LogP contribution in [0.1, 0.15) is 84.6 Å². The van der Waals surface area contributed by atoms with Crippen LogP contribution in [0.5, 0.6) is 17.4 Å². The molecule has 5 aromatic rings. The average molecular weight is 792 g/mol. The van der Waals surface area contributed by atoms with Crippen LogP contribution in [-0.2, 0) is 38.3 Å². The van der Waals surface area contributed by atoms with Crippen molar-refractivity contribution in [2.45, 2.75) is 77.2 Å². The molecule has 7 rings (SSSR count). The van der Waals surface area contributed by atoms with E-state index in [1.165, 1.54) is 11.1 Å². The maximum absolute atomic E-state index is 10.4. The van der Waals surface area contributed by atoms with Gasteiger partial charge in [0, 0.05) is 46.7 Å². The molecule has 1 aromatic heterocycles. The molecule has 0 saturated heterocycles. The van der Waals surface area contributed by atoms with Gasteiger partial charge in [-0.05, 0) is 70.1 Å². The number of fused-ring (bicyclic) bond motifs is 4. The topological polar surface area (TPSA) is 58.0 Å². The summed E-state index contributed by atoms with van der Waals surface area (Å²) in [6, 6.07) is 32.2. The largest absolute Gasteiger partial charge is 0.506 e. The summed E-state index contributed by atoms with van der Waals surface area (Å²) in [5.41, 5.74) is 6.08. The molecule has 0 saturated carbocycles. The Kier molecular flexibility index (Phi) is 7.69. The van der Waals surface area contributed by atoms with E-state index in [0.717, 1.165) is 28.0 Å². The molecule has 238 valence electrons. The number of anilines is 1. The molecule has 1 N–H and O–H groups in total. The number of rotatable bonds is 4. The molecule has 2 heterocycles. The van der Waals surface area contributed by atoms with Gasteiger partial charge in [0.25, 0.3) is 0 Å². The molecule has 0 fully saturated rings. The number of hydrogen-bond donors (Lipinski definition) is 1. The first-order chi connectivity index (χ1) is 22.2. The third-order valence-electron chi connectivity index (χ3n) is 8.79. The fraction of sp³-hybridized carbons (Fsp3) is 0.300.